The molecule has 110 valence electrons. The maximum atomic E-state index is 6.08. The van der Waals surface area contributed by atoms with Crippen molar-refractivity contribution in [3.8, 4) is 0 Å². The van der Waals surface area contributed by atoms with E-state index in [1.54, 1.807) is 0 Å². The Morgan fingerprint density at radius 3 is 2.15 bits per heavy atom. The molecule has 4 nitrogen and oxygen atoms in total. The van der Waals surface area contributed by atoms with Crippen LogP contribution in [0.5, 0.6) is 0 Å². The molecule has 0 atom stereocenters. The maximum Gasteiger partial charge on any atom is 0.191 e. The number of rotatable bonds is 1. The molecule has 0 bridgehead atoms. The molecule has 0 aromatic heterocycles. The first-order chi connectivity index (χ1) is 9.35. The highest BCUT2D eigenvalue weighted by molar-refractivity contribution is 6.30. The number of aliphatic imine (C=N–C) groups is 1. The fraction of sp³-hybridized carbons (Fsp3) is 0.533. The van der Waals surface area contributed by atoms with Crippen molar-refractivity contribution in [1.82, 2.24) is 4.90 Å². The van der Waals surface area contributed by atoms with Gasteiger partial charge in [-0.15, -0.1) is 0 Å². The Kier molecular flexibility index (Phi) is 4.43. The highest BCUT2D eigenvalue weighted by Gasteiger charge is 2.20. The molecule has 1 aliphatic rings. The molecule has 2 rings (SSSR count). The fourth-order valence-corrected chi connectivity index (χ4v) is 2.39. The van der Waals surface area contributed by atoms with E-state index in [0.717, 1.165) is 31.2 Å². The summed E-state index contributed by atoms with van der Waals surface area (Å²) in [6.07, 6.45) is 0. The Morgan fingerprint density at radius 1 is 1.10 bits per heavy atom. The molecule has 20 heavy (non-hydrogen) atoms. The number of piperazine rings is 1. The van der Waals surface area contributed by atoms with E-state index in [1.165, 1.54) is 5.69 Å². The summed E-state index contributed by atoms with van der Waals surface area (Å²) in [5.74, 6) is 0.647. The summed E-state index contributed by atoms with van der Waals surface area (Å²) in [7, 11) is 0. The normalized spacial score (nSPS) is 17.5. The van der Waals surface area contributed by atoms with E-state index in [-0.39, 0.29) is 5.54 Å². The summed E-state index contributed by atoms with van der Waals surface area (Å²) in [4.78, 5) is 9.02. The monoisotopic (exact) mass is 294 g/mol. The first-order valence-electron chi connectivity index (χ1n) is 6.96. The Morgan fingerprint density at radius 2 is 1.65 bits per heavy atom. The molecule has 1 fully saturated rings. The number of nitrogens with two attached hydrogens (primary N) is 1. The van der Waals surface area contributed by atoms with E-state index in [0.29, 0.717) is 5.96 Å². The molecule has 0 aliphatic carbocycles. The molecule has 1 heterocycles. The van der Waals surface area contributed by atoms with Gasteiger partial charge < -0.3 is 15.5 Å². The summed E-state index contributed by atoms with van der Waals surface area (Å²) in [5, 5.41) is 0.772. The largest absolute Gasteiger partial charge is 0.370 e. The summed E-state index contributed by atoms with van der Waals surface area (Å²) in [5.41, 5.74) is 7.16. The molecule has 1 saturated heterocycles. The van der Waals surface area contributed by atoms with Gasteiger partial charge in [0.15, 0.2) is 5.96 Å². The van der Waals surface area contributed by atoms with E-state index >= 15 is 0 Å². The van der Waals surface area contributed by atoms with Gasteiger partial charge in [0, 0.05) is 36.9 Å². The average Bonchev–Trinajstić information content (AvgIpc) is 2.38. The molecule has 0 amide bonds. The number of anilines is 1. The molecule has 5 heteroatoms. The zero-order valence-corrected chi connectivity index (χ0v) is 13.2. The zero-order valence-electron chi connectivity index (χ0n) is 12.4. The van der Waals surface area contributed by atoms with Crippen molar-refractivity contribution in [2.45, 2.75) is 26.3 Å². The molecule has 0 saturated carbocycles. The third-order valence-corrected chi connectivity index (χ3v) is 3.50. The SMILES string of the molecule is CC(C)(C)N=C(N)N1CCN(c2ccc(Cl)cc2)CC1. The predicted molar refractivity (Wildman–Crippen MR) is 86.6 cm³/mol. The van der Waals surface area contributed by atoms with Crippen molar-refractivity contribution in [3.63, 3.8) is 0 Å². The number of guanidine groups is 1. The van der Waals surface area contributed by atoms with E-state index in [9.17, 15) is 0 Å². The first kappa shape index (κ1) is 15.0. The highest BCUT2D eigenvalue weighted by Crippen LogP contribution is 2.19. The van der Waals surface area contributed by atoms with E-state index in [2.05, 4.69) is 47.7 Å². The van der Waals surface area contributed by atoms with Crippen LogP contribution in [-0.4, -0.2) is 42.6 Å². The van der Waals surface area contributed by atoms with Gasteiger partial charge in [0.25, 0.3) is 0 Å². The second kappa shape index (κ2) is 5.92. The minimum absolute atomic E-state index is 0.128. The van der Waals surface area contributed by atoms with Crippen molar-refractivity contribution < 1.29 is 0 Å². The Balaban J connectivity index is 1.96. The lowest BCUT2D eigenvalue weighted by atomic mass is 10.1. The summed E-state index contributed by atoms with van der Waals surface area (Å²) in [6.45, 7) is 9.86. The van der Waals surface area contributed by atoms with Crippen LogP contribution >= 0.6 is 11.6 Å². The van der Waals surface area contributed by atoms with Crippen LogP contribution < -0.4 is 10.6 Å². The van der Waals surface area contributed by atoms with Gasteiger partial charge in [-0.2, -0.15) is 0 Å². The van der Waals surface area contributed by atoms with E-state index < -0.39 is 0 Å². The third-order valence-electron chi connectivity index (χ3n) is 3.25. The van der Waals surface area contributed by atoms with Crippen molar-refractivity contribution in [2.24, 2.45) is 10.7 Å². The number of nitrogens with zero attached hydrogens (tertiary/aromatic N) is 3. The molecule has 0 unspecified atom stereocenters. The van der Waals surface area contributed by atoms with Gasteiger partial charge in [-0.25, -0.2) is 4.99 Å². The van der Waals surface area contributed by atoms with Crippen LogP contribution in [0.1, 0.15) is 20.8 Å². The second-order valence-electron chi connectivity index (χ2n) is 6.09. The smallest absolute Gasteiger partial charge is 0.191 e. The van der Waals surface area contributed by atoms with E-state index in [1.807, 2.05) is 12.1 Å². The summed E-state index contributed by atoms with van der Waals surface area (Å²) in [6, 6.07) is 7.98. The van der Waals surface area contributed by atoms with Gasteiger partial charge in [0.05, 0.1) is 5.54 Å². The second-order valence-corrected chi connectivity index (χ2v) is 6.53. The zero-order chi connectivity index (χ0) is 14.8. The van der Waals surface area contributed by atoms with Crippen molar-refractivity contribution >= 4 is 23.2 Å². The van der Waals surface area contributed by atoms with Crippen molar-refractivity contribution in [2.75, 3.05) is 31.1 Å². The number of hydrogen-bond donors (Lipinski definition) is 1. The molecule has 0 radical (unpaired) electrons. The summed E-state index contributed by atoms with van der Waals surface area (Å²) >= 11 is 5.92. The average molecular weight is 295 g/mol. The molecule has 1 aromatic rings. The van der Waals surface area contributed by atoms with Gasteiger partial charge >= 0.3 is 0 Å². The third kappa shape index (κ3) is 4.04. The fourth-order valence-electron chi connectivity index (χ4n) is 2.26. The molecular weight excluding hydrogens is 272 g/mol. The van der Waals surface area contributed by atoms with Crippen LogP contribution in [0.4, 0.5) is 5.69 Å². The van der Waals surface area contributed by atoms with Gasteiger partial charge in [-0.1, -0.05) is 11.6 Å². The lowest BCUT2D eigenvalue weighted by Crippen LogP contribution is -2.51. The molecule has 2 N–H and O–H groups in total. The molecule has 1 aliphatic heterocycles. The van der Waals surface area contributed by atoms with Crippen LogP contribution in [0.15, 0.2) is 29.3 Å². The standard InChI is InChI=1S/C15H23ClN4/c1-15(2,3)18-14(17)20-10-8-19(9-11-20)13-6-4-12(16)5-7-13/h4-7H,8-11H2,1-3H3,(H2,17,18). The lowest BCUT2D eigenvalue weighted by molar-refractivity contribution is 0.375. The maximum absolute atomic E-state index is 6.08. The van der Waals surface area contributed by atoms with Gasteiger partial charge in [0.1, 0.15) is 0 Å². The Labute approximate surface area is 126 Å². The Hall–Kier alpha value is -1.42. The van der Waals surface area contributed by atoms with E-state index in [4.69, 9.17) is 17.3 Å². The van der Waals surface area contributed by atoms with Gasteiger partial charge in [-0.05, 0) is 45.0 Å². The lowest BCUT2D eigenvalue weighted by Gasteiger charge is -2.37. The molecule has 0 spiro atoms. The highest BCUT2D eigenvalue weighted by atomic mass is 35.5. The van der Waals surface area contributed by atoms with Crippen LogP contribution in [0.3, 0.4) is 0 Å². The number of benzene rings is 1. The Bertz CT molecular complexity index is 468. The summed E-state index contributed by atoms with van der Waals surface area (Å²) < 4.78 is 0. The van der Waals surface area contributed by atoms with Crippen molar-refractivity contribution in [1.29, 1.82) is 0 Å². The van der Waals surface area contributed by atoms with Crippen LogP contribution in [-0.2, 0) is 0 Å². The predicted octanol–water partition coefficient (Wildman–Crippen LogP) is 2.58. The quantitative estimate of drug-likeness (QED) is 0.639. The number of halogens is 1. The minimum Gasteiger partial charge on any atom is -0.370 e. The van der Waals surface area contributed by atoms with Crippen LogP contribution in [0.25, 0.3) is 0 Å². The molecule has 1 aromatic carbocycles. The molecular formula is C15H23ClN4. The minimum atomic E-state index is -0.128. The van der Waals surface area contributed by atoms with Crippen LogP contribution in [0, 0.1) is 0 Å². The van der Waals surface area contributed by atoms with Crippen molar-refractivity contribution in [3.05, 3.63) is 29.3 Å². The topological polar surface area (TPSA) is 44.9 Å². The van der Waals surface area contributed by atoms with Crippen LogP contribution in [0.2, 0.25) is 5.02 Å². The van der Waals surface area contributed by atoms with Gasteiger partial charge in [0.2, 0.25) is 0 Å². The number of hydrogen-bond acceptors (Lipinski definition) is 2. The first-order valence-corrected chi connectivity index (χ1v) is 7.34. The van der Waals surface area contributed by atoms with Gasteiger partial charge in [-0.3, -0.25) is 0 Å².